The van der Waals surface area contributed by atoms with Crippen LogP contribution in [0.3, 0.4) is 0 Å². The smallest absolute Gasteiger partial charge is 0.314 e. The molecule has 1 aromatic rings. The summed E-state index contributed by atoms with van der Waals surface area (Å²) < 4.78 is 0. The molecule has 4 nitrogen and oxygen atoms in total. The Labute approximate surface area is 240 Å². The molecule has 4 heteroatoms. The SMILES string of the molecule is CCCCCCCCCCCCCCCCCC(=O)C(Cc1cc(C(C)(C)C)cc(C(C)(C)C)c1O)C(=O)O. The van der Waals surface area contributed by atoms with Crippen molar-refractivity contribution in [3.63, 3.8) is 0 Å². The van der Waals surface area contributed by atoms with Crippen LogP contribution in [0.1, 0.15) is 168 Å². The van der Waals surface area contributed by atoms with E-state index in [9.17, 15) is 19.8 Å². The van der Waals surface area contributed by atoms with Crippen molar-refractivity contribution >= 4 is 11.8 Å². The molecule has 1 atom stereocenters. The molecule has 0 fully saturated rings. The number of carbonyl (C=O) groups excluding carboxylic acids is 1. The van der Waals surface area contributed by atoms with Crippen LogP contribution in [0.15, 0.2) is 12.1 Å². The Bertz CT molecular complexity index is 857. The summed E-state index contributed by atoms with van der Waals surface area (Å²) in [6.45, 7) is 14.7. The van der Waals surface area contributed by atoms with Crippen LogP contribution < -0.4 is 0 Å². The maximum Gasteiger partial charge on any atom is 0.314 e. The highest BCUT2D eigenvalue weighted by Gasteiger charge is 2.30. The molecule has 2 N–H and O–H groups in total. The zero-order valence-corrected chi connectivity index (χ0v) is 26.5. The van der Waals surface area contributed by atoms with Gasteiger partial charge < -0.3 is 10.2 Å². The molecular weight excluding hydrogens is 484 g/mol. The summed E-state index contributed by atoms with van der Waals surface area (Å²) in [5, 5.41) is 20.9. The number of carboxylic acids is 1. The maximum absolute atomic E-state index is 12.9. The molecule has 0 saturated heterocycles. The van der Waals surface area contributed by atoms with Crippen molar-refractivity contribution in [1.29, 1.82) is 0 Å². The summed E-state index contributed by atoms with van der Waals surface area (Å²) >= 11 is 0. The topological polar surface area (TPSA) is 74.6 Å². The molecular formula is C35H60O4. The van der Waals surface area contributed by atoms with Crippen molar-refractivity contribution in [2.45, 2.75) is 168 Å². The highest BCUT2D eigenvalue weighted by molar-refractivity contribution is 5.98. The van der Waals surface area contributed by atoms with Gasteiger partial charge in [0.1, 0.15) is 17.5 Å². The first-order valence-corrected chi connectivity index (χ1v) is 15.9. The number of hydrogen-bond acceptors (Lipinski definition) is 3. The lowest BCUT2D eigenvalue weighted by atomic mass is 9.77. The normalized spacial score (nSPS) is 13.0. The van der Waals surface area contributed by atoms with Gasteiger partial charge in [0.05, 0.1) is 0 Å². The molecule has 1 aromatic carbocycles. The van der Waals surface area contributed by atoms with Crippen LogP contribution in [-0.2, 0) is 26.8 Å². The molecule has 0 aliphatic rings. The minimum atomic E-state index is -1.12. The molecule has 1 unspecified atom stereocenters. The number of ketones is 1. The predicted octanol–water partition coefficient (Wildman–Crippen LogP) is 10.1. The Hall–Kier alpha value is -1.84. The van der Waals surface area contributed by atoms with E-state index in [-0.39, 0.29) is 28.8 Å². The fraction of sp³-hybridized carbons (Fsp3) is 0.771. The number of aromatic hydroxyl groups is 1. The third kappa shape index (κ3) is 13.9. The van der Waals surface area contributed by atoms with Gasteiger partial charge in [-0.15, -0.1) is 0 Å². The lowest BCUT2D eigenvalue weighted by molar-refractivity contribution is -0.146. The minimum Gasteiger partial charge on any atom is -0.507 e. The lowest BCUT2D eigenvalue weighted by Gasteiger charge is -2.28. The minimum absolute atomic E-state index is 0.0335. The molecule has 224 valence electrons. The summed E-state index contributed by atoms with van der Waals surface area (Å²) in [5.41, 5.74) is 1.95. The molecule has 0 saturated carbocycles. The second kappa shape index (κ2) is 17.8. The van der Waals surface area contributed by atoms with E-state index in [0.29, 0.717) is 12.0 Å². The summed E-state index contributed by atoms with van der Waals surface area (Å²) in [7, 11) is 0. The van der Waals surface area contributed by atoms with Crippen molar-refractivity contribution < 1.29 is 19.8 Å². The Balaban J connectivity index is 2.46. The van der Waals surface area contributed by atoms with Gasteiger partial charge in [0, 0.05) is 6.42 Å². The van der Waals surface area contributed by atoms with Crippen molar-refractivity contribution in [2.24, 2.45) is 5.92 Å². The van der Waals surface area contributed by atoms with Gasteiger partial charge in [0.15, 0.2) is 0 Å². The number of rotatable bonds is 20. The number of phenols is 1. The third-order valence-electron chi connectivity index (χ3n) is 8.00. The average Bonchev–Trinajstić information content (AvgIpc) is 2.83. The molecule has 1 rings (SSSR count). The van der Waals surface area contributed by atoms with Crippen molar-refractivity contribution in [1.82, 2.24) is 0 Å². The fourth-order valence-corrected chi connectivity index (χ4v) is 5.26. The Kier molecular flexibility index (Phi) is 16.0. The fourth-order valence-electron chi connectivity index (χ4n) is 5.26. The first-order valence-electron chi connectivity index (χ1n) is 15.9. The van der Waals surface area contributed by atoms with Gasteiger partial charge in [-0.05, 0) is 40.4 Å². The van der Waals surface area contributed by atoms with Gasteiger partial charge >= 0.3 is 5.97 Å². The van der Waals surface area contributed by atoms with Crippen LogP contribution in [0.2, 0.25) is 0 Å². The first-order chi connectivity index (χ1) is 18.3. The third-order valence-corrected chi connectivity index (χ3v) is 8.00. The van der Waals surface area contributed by atoms with Gasteiger partial charge in [-0.3, -0.25) is 9.59 Å². The molecule has 0 heterocycles. The zero-order chi connectivity index (χ0) is 29.5. The highest BCUT2D eigenvalue weighted by atomic mass is 16.4. The standard InChI is InChI=1S/C35H60O4/c1-8-9-10-11-12-13-14-15-16-17-18-19-20-21-22-23-31(36)29(33(38)39)25-27-24-28(34(2,3)4)26-30(32(27)37)35(5,6)7/h24,26,29,37H,8-23,25H2,1-7H3,(H,38,39). The highest BCUT2D eigenvalue weighted by Crippen LogP contribution is 2.38. The Morgan fingerprint density at radius 1 is 0.692 bits per heavy atom. The van der Waals surface area contributed by atoms with Crippen LogP contribution >= 0.6 is 0 Å². The molecule has 0 aliphatic carbocycles. The molecule has 0 radical (unpaired) electrons. The summed E-state index contributed by atoms with van der Waals surface area (Å²) in [6.07, 6.45) is 19.2. The van der Waals surface area contributed by atoms with E-state index in [0.717, 1.165) is 30.4 Å². The van der Waals surface area contributed by atoms with Crippen LogP contribution in [-0.4, -0.2) is 22.0 Å². The number of carbonyl (C=O) groups is 2. The molecule has 0 aromatic heterocycles. The van der Waals surface area contributed by atoms with E-state index in [1.165, 1.54) is 77.0 Å². The van der Waals surface area contributed by atoms with Gasteiger partial charge in [-0.2, -0.15) is 0 Å². The van der Waals surface area contributed by atoms with E-state index >= 15 is 0 Å². The van der Waals surface area contributed by atoms with Gasteiger partial charge in [0.25, 0.3) is 0 Å². The monoisotopic (exact) mass is 544 g/mol. The Morgan fingerprint density at radius 3 is 1.51 bits per heavy atom. The van der Waals surface area contributed by atoms with Crippen molar-refractivity contribution in [3.8, 4) is 5.75 Å². The van der Waals surface area contributed by atoms with Gasteiger partial charge in [-0.1, -0.05) is 150 Å². The molecule has 0 aliphatic heterocycles. The van der Waals surface area contributed by atoms with Crippen LogP contribution in [0, 0.1) is 5.92 Å². The summed E-state index contributed by atoms with van der Waals surface area (Å²) in [6, 6.07) is 3.91. The van der Waals surface area contributed by atoms with Gasteiger partial charge in [-0.25, -0.2) is 0 Å². The van der Waals surface area contributed by atoms with E-state index in [4.69, 9.17) is 0 Å². The molecule has 0 spiro atoms. The predicted molar refractivity (Wildman–Crippen MR) is 165 cm³/mol. The van der Waals surface area contributed by atoms with E-state index < -0.39 is 11.9 Å². The second-order valence-electron chi connectivity index (χ2n) is 13.8. The maximum atomic E-state index is 12.9. The van der Waals surface area contributed by atoms with Crippen molar-refractivity contribution in [2.75, 3.05) is 0 Å². The summed E-state index contributed by atoms with van der Waals surface area (Å²) in [4.78, 5) is 25.0. The number of benzene rings is 1. The molecule has 0 bridgehead atoms. The van der Waals surface area contributed by atoms with Crippen LogP contribution in [0.4, 0.5) is 0 Å². The number of phenolic OH excluding ortho intramolecular Hbond substituents is 1. The summed E-state index contributed by atoms with van der Waals surface area (Å²) in [5.74, 6) is -2.32. The largest absolute Gasteiger partial charge is 0.507 e. The van der Waals surface area contributed by atoms with Crippen molar-refractivity contribution in [3.05, 3.63) is 28.8 Å². The second-order valence-corrected chi connectivity index (χ2v) is 13.8. The van der Waals surface area contributed by atoms with Crippen LogP contribution in [0.25, 0.3) is 0 Å². The quantitative estimate of drug-likeness (QED) is 0.126. The van der Waals surface area contributed by atoms with E-state index in [2.05, 4.69) is 27.7 Å². The zero-order valence-electron chi connectivity index (χ0n) is 26.5. The number of Topliss-reactive ketones (excluding diaryl/α,β-unsaturated/α-hetero) is 1. The van der Waals surface area contributed by atoms with E-state index in [1.807, 2.05) is 32.9 Å². The van der Waals surface area contributed by atoms with E-state index in [1.54, 1.807) is 0 Å². The lowest BCUT2D eigenvalue weighted by Crippen LogP contribution is -2.27. The molecule has 0 amide bonds. The number of hydrogen-bond donors (Lipinski definition) is 2. The number of carboxylic acid groups (broad SMARTS) is 1. The first kappa shape index (κ1) is 35.2. The van der Waals surface area contributed by atoms with Crippen LogP contribution in [0.5, 0.6) is 5.75 Å². The average molecular weight is 545 g/mol. The van der Waals surface area contributed by atoms with Gasteiger partial charge in [0.2, 0.25) is 0 Å². The number of unbranched alkanes of at least 4 members (excludes halogenated alkanes) is 14. The number of aliphatic carboxylic acids is 1. The molecule has 39 heavy (non-hydrogen) atoms. The Morgan fingerprint density at radius 2 is 1.13 bits per heavy atom.